The molecule has 4 nitrogen and oxygen atoms in total. The Hall–Kier alpha value is -0.740. The predicted octanol–water partition coefficient (Wildman–Crippen LogP) is 8.11. The zero-order valence-corrected chi connectivity index (χ0v) is 25.8. The van der Waals surface area contributed by atoms with Crippen LogP contribution in [0.2, 0.25) is 0 Å². The number of likely N-dealkylation sites (N-methyl/N-ethyl adjacent to an activating group) is 1. The van der Waals surface area contributed by atoms with Crippen molar-refractivity contribution in [3.63, 3.8) is 0 Å². The molecule has 1 N–H and O–H groups in total. The highest BCUT2D eigenvalue weighted by molar-refractivity contribution is 5.85. The molecule has 8 atom stereocenters. The lowest BCUT2D eigenvalue weighted by atomic mass is 9.47. The first-order valence-corrected chi connectivity index (χ1v) is 15.3. The molecule has 214 valence electrons. The molecular formula is C32H57ClN2O2. The Labute approximate surface area is 234 Å². The molecule has 3 saturated carbocycles. The summed E-state index contributed by atoms with van der Waals surface area (Å²) in [6.07, 6.45) is 16.7. The van der Waals surface area contributed by atoms with Gasteiger partial charge >= 0.3 is 6.09 Å². The first kappa shape index (κ1) is 30.8. The number of carbonyl (C=O) groups is 1. The van der Waals surface area contributed by atoms with Crippen molar-refractivity contribution in [3.8, 4) is 0 Å². The van der Waals surface area contributed by atoms with Crippen LogP contribution in [0, 0.1) is 46.3 Å². The van der Waals surface area contributed by atoms with Gasteiger partial charge in [-0.2, -0.15) is 0 Å². The first-order valence-electron chi connectivity index (χ1n) is 15.3. The van der Waals surface area contributed by atoms with Crippen LogP contribution in [-0.4, -0.2) is 44.3 Å². The van der Waals surface area contributed by atoms with Crippen LogP contribution in [0.1, 0.15) is 105 Å². The standard InChI is InChI=1S/C32H56N2O2.ClH/c1-22(2)9-8-10-23(3)27-13-14-28-26-12-11-24-21-25(36-30(35)33-19-20-34(6)7)15-17-31(24,4)29(26)16-18-32(27,28)5;/h11,22-23,25-29H,8-10,12-21H2,1-7H3,(H,33,35);1H/t23?,25?,26?,27?,28?,29?,31-,32+;/m0./s1. The number of rotatable bonds is 9. The third-order valence-electron chi connectivity index (χ3n) is 11.4. The normalized spacial score (nSPS) is 37.6. The zero-order valence-electron chi connectivity index (χ0n) is 25.0. The molecule has 0 aliphatic heterocycles. The van der Waals surface area contributed by atoms with Gasteiger partial charge in [-0.25, -0.2) is 4.79 Å². The van der Waals surface area contributed by atoms with Gasteiger partial charge in [0, 0.05) is 19.5 Å². The van der Waals surface area contributed by atoms with Crippen LogP contribution in [0.4, 0.5) is 4.79 Å². The number of allylic oxidation sites excluding steroid dienone is 1. The lowest BCUT2D eigenvalue weighted by Crippen LogP contribution is -2.51. The third-order valence-corrected chi connectivity index (χ3v) is 11.4. The summed E-state index contributed by atoms with van der Waals surface area (Å²) in [6.45, 7) is 14.0. The van der Waals surface area contributed by atoms with E-state index >= 15 is 0 Å². The quantitative estimate of drug-likeness (QED) is 0.302. The second-order valence-electron chi connectivity index (χ2n) is 14.3. The van der Waals surface area contributed by atoms with Crippen molar-refractivity contribution in [1.82, 2.24) is 10.2 Å². The smallest absolute Gasteiger partial charge is 0.407 e. The highest BCUT2D eigenvalue weighted by Crippen LogP contribution is 2.67. The van der Waals surface area contributed by atoms with E-state index in [9.17, 15) is 4.79 Å². The molecule has 0 saturated heterocycles. The first-order chi connectivity index (χ1) is 17.0. The number of hydrogen-bond donors (Lipinski definition) is 1. The van der Waals surface area contributed by atoms with E-state index in [0.717, 1.165) is 54.9 Å². The molecule has 0 aromatic rings. The molecule has 3 fully saturated rings. The maximum atomic E-state index is 12.3. The second kappa shape index (κ2) is 12.6. The number of ether oxygens (including phenoxy) is 1. The second-order valence-corrected chi connectivity index (χ2v) is 14.3. The Bertz CT molecular complexity index is 798. The van der Waals surface area contributed by atoms with Gasteiger partial charge < -0.3 is 15.0 Å². The van der Waals surface area contributed by atoms with Crippen LogP contribution in [0.15, 0.2) is 11.6 Å². The number of halogens is 1. The molecule has 0 aromatic carbocycles. The number of nitrogens with zero attached hydrogens (tertiary/aromatic N) is 1. The average Bonchev–Trinajstić information content (AvgIpc) is 3.16. The molecule has 1 amide bonds. The third kappa shape index (κ3) is 6.53. The molecule has 4 aliphatic rings. The number of nitrogens with one attached hydrogen (secondary N) is 1. The monoisotopic (exact) mass is 536 g/mol. The van der Waals surface area contributed by atoms with Gasteiger partial charge in [0.05, 0.1) is 0 Å². The Kier molecular flexibility index (Phi) is 10.5. The van der Waals surface area contributed by atoms with Crippen LogP contribution in [0.25, 0.3) is 0 Å². The highest BCUT2D eigenvalue weighted by Gasteiger charge is 2.59. The minimum absolute atomic E-state index is 0. The van der Waals surface area contributed by atoms with Crippen LogP contribution in [0.3, 0.4) is 0 Å². The molecule has 0 aromatic heterocycles. The Morgan fingerprint density at radius 3 is 2.54 bits per heavy atom. The van der Waals surface area contributed by atoms with E-state index < -0.39 is 0 Å². The summed E-state index contributed by atoms with van der Waals surface area (Å²) < 4.78 is 5.87. The highest BCUT2D eigenvalue weighted by atomic mass is 35.5. The summed E-state index contributed by atoms with van der Waals surface area (Å²) in [6, 6.07) is 0. The van der Waals surface area contributed by atoms with Crippen LogP contribution < -0.4 is 5.32 Å². The van der Waals surface area contributed by atoms with Gasteiger partial charge in [-0.3, -0.25) is 0 Å². The summed E-state index contributed by atoms with van der Waals surface area (Å²) in [5.41, 5.74) is 2.46. The molecule has 6 unspecified atom stereocenters. The molecule has 4 aliphatic carbocycles. The largest absolute Gasteiger partial charge is 0.446 e. The number of hydrogen-bond acceptors (Lipinski definition) is 3. The summed E-state index contributed by atoms with van der Waals surface area (Å²) in [4.78, 5) is 14.4. The van der Waals surface area contributed by atoms with E-state index in [2.05, 4.69) is 50.9 Å². The van der Waals surface area contributed by atoms with Crippen molar-refractivity contribution in [3.05, 3.63) is 11.6 Å². The number of carbonyl (C=O) groups excluding carboxylic acids is 1. The lowest BCUT2D eigenvalue weighted by molar-refractivity contribution is -0.0581. The van der Waals surface area contributed by atoms with E-state index in [-0.39, 0.29) is 24.6 Å². The topological polar surface area (TPSA) is 41.6 Å². The number of amides is 1. The van der Waals surface area contributed by atoms with Gasteiger partial charge in [0.1, 0.15) is 6.10 Å². The molecule has 5 heteroatoms. The summed E-state index contributed by atoms with van der Waals surface area (Å²) in [7, 11) is 4.04. The average molecular weight is 537 g/mol. The van der Waals surface area contributed by atoms with Gasteiger partial charge in [0.2, 0.25) is 0 Å². The fourth-order valence-electron chi connectivity index (χ4n) is 9.33. The van der Waals surface area contributed by atoms with Gasteiger partial charge in [-0.15, -0.1) is 12.4 Å². The van der Waals surface area contributed by atoms with Crippen molar-refractivity contribution in [2.24, 2.45) is 46.3 Å². The molecule has 4 rings (SSSR count). The lowest BCUT2D eigenvalue weighted by Gasteiger charge is -2.58. The van der Waals surface area contributed by atoms with E-state index in [1.54, 1.807) is 5.57 Å². The van der Waals surface area contributed by atoms with Crippen molar-refractivity contribution >= 4 is 18.5 Å². The fourth-order valence-corrected chi connectivity index (χ4v) is 9.33. The summed E-state index contributed by atoms with van der Waals surface area (Å²) in [5.74, 6) is 5.21. The van der Waals surface area contributed by atoms with E-state index in [0.29, 0.717) is 17.4 Å². The molecule has 37 heavy (non-hydrogen) atoms. The molecule has 0 heterocycles. The molecular weight excluding hydrogens is 480 g/mol. The van der Waals surface area contributed by atoms with Gasteiger partial charge in [0.15, 0.2) is 0 Å². The Morgan fingerprint density at radius 2 is 1.84 bits per heavy atom. The van der Waals surface area contributed by atoms with Gasteiger partial charge in [0.25, 0.3) is 0 Å². The van der Waals surface area contributed by atoms with E-state index in [4.69, 9.17) is 4.74 Å². The van der Waals surface area contributed by atoms with Crippen LogP contribution in [-0.2, 0) is 4.74 Å². The fraction of sp³-hybridized carbons (Fsp3) is 0.906. The maximum Gasteiger partial charge on any atom is 0.407 e. The molecule has 0 bridgehead atoms. The Balaban J connectivity index is 0.00000380. The minimum Gasteiger partial charge on any atom is -0.446 e. The Morgan fingerprint density at radius 1 is 1.08 bits per heavy atom. The SMILES string of the molecule is CC(C)CCCC(C)C1CCC2C3CC=C4CC(OC(=O)NCCN(C)C)CC[C@]4(C)C3CC[C@]12C.Cl. The van der Waals surface area contributed by atoms with Crippen molar-refractivity contribution in [1.29, 1.82) is 0 Å². The van der Waals surface area contributed by atoms with Gasteiger partial charge in [-0.05, 0) is 105 Å². The van der Waals surface area contributed by atoms with Crippen molar-refractivity contribution in [2.75, 3.05) is 27.2 Å². The predicted molar refractivity (Wildman–Crippen MR) is 157 cm³/mol. The van der Waals surface area contributed by atoms with E-state index in [1.165, 1.54) is 57.8 Å². The zero-order chi connectivity index (χ0) is 26.1. The summed E-state index contributed by atoms with van der Waals surface area (Å²) >= 11 is 0. The maximum absolute atomic E-state index is 12.3. The molecule has 0 spiro atoms. The van der Waals surface area contributed by atoms with E-state index in [1.807, 2.05) is 14.1 Å². The minimum atomic E-state index is -0.243. The van der Waals surface area contributed by atoms with Crippen molar-refractivity contribution in [2.45, 2.75) is 111 Å². The molecule has 0 radical (unpaired) electrons. The number of alkyl carbamates (subject to hydrolysis) is 1. The number of fused-ring (bicyclic) bond motifs is 5. The van der Waals surface area contributed by atoms with Crippen LogP contribution in [0.5, 0.6) is 0 Å². The van der Waals surface area contributed by atoms with Crippen LogP contribution >= 0.6 is 12.4 Å². The van der Waals surface area contributed by atoms with Gasteiger partial charge in [-0.1, -0.05) is 65.5 Å². The van der Waals surface area contributed by atoms with Crippen molar-refractivity contribution < 1.29 is 9.53 Å². The summed E-state index contributed by atoms with van der Waals surface area (Å²) in [5, 5.41) is 2.93.